The van der Waals surface area contributed by atoms with Gasteiger partial charge in [0.2, 0.25) is 12.7 Å². The predicted octanol–water partition coefficient (Wildman–Crippen LogP) is 2.21. The lowest BCUT2D eigenvalue weighted by Gasteiger charge is -2.29. The van der Waals surface area contributed by atoms with Gasteiger partial charge in [-0.2, -0.15) is 0 Å². The monoisotopic (exact) mass is 381 g/mol. The van der Waals surface area contributed by atoms with Crippen LogP contribution in [0.3, 0.4) is 0 Å². The van der Waals surface area contributed by atoms with E-state index in [-0.39, 0.29) is 36.5 Å². The molecule has 2 atom stereocenters. The second kappa shape index (κ2) is 6.98. The van der Waals surface area contributed by atoms with Gasteiger partial charge in [-0.15, -0.1) is 0 Å². The molecule has 2 aliphatic heterocycles. The van der Waals surface area contributed by atoms with Gasteiger partial charge in [0.05, 0.1) is 6.04 Å². The second-order valence-corrected chi connectivity index (χ2v) is 7.71. The lowest BCUT2D eigenvalue weighted by atomic mass is 9.96. The molecule has 7 heteroatoms. The third-order valence-electron chi connectivity index (χ3n) is 5.72. The molecule has 2 fully saturated rings. The van der Waals surface area contributed by atoms with Crippen molar-refractivity contribution >= 4 is 5.91 Å². The van der Waals surface area contributed by atoms with E-state index in [0.29, 0.717) is 11.5 Å². The maximum atomic E-state index is 12.2. The zero-order valence-corrected chi connectivity index (χ0v) is 15.5. The SMILES string of the molecule is O=C(N[C@H]1CCN(C(c2ccncc2)c2cc3c(cc2O)OCO3)C1)C1CC1. The number of pyridine rings is 1. The van der Waals surface area contributed by atoms with Crippen LogP contribution < -0.4 is 14.8 Å². The molecule has 1 aromatic heterocycles. The maximum absolute atomic E-state index is 12.2. The molecule has 5 rings (SSSR count). The number of nitrogens with one attached hydrogen (secondary N) is 1. The van der Waals surface area contributed by atoms with Crippen LogP contribution in [0.2, 0.25) is 0 Å². The van der Waals surface area contributed by atoms with Crippen molar-refractivity contribution in [2.75, 3.05) is 19.9 Å². The first kappa shape index (κ1) is 17.3. The molecular weight excluding hydrogens is 358 g/mol. The number of nitrogens with zero attached hydrogens (tertiary/aromatic N) is 2. The number of aromatic hydroxyl groups is 1. The minimum atomic E-state index is -0.152. The van der Waals surface area contributed by atoms with E-state index in [9.17, 15) is 9.90 Å². The first-order valence-electron chi connectivity index (χ1n) is 9.76. The Kier molecular flexibility index (Phi) is 4.31. The zero-order chi connectivity index (χ0) is 19.1. The molecule has 1 unspecified atom stereocenters. The lowest BCUT2D eigenvalue weighted by Crippen LogP contribution is -2.38. The number of phenolic OH excluding ortho intramolecular Hbond substituents is 1. The van der Waals surface area contributed by atoms with E-state index < -0.39 is 0 Å². The Balaban J connectivity index is 1.44. The molecule has 1 amide bonds. The lowest BCUT2D eigenvalue weighted by molar-refractivity contribution is -0.122. The number of amides is 1. The first-order valence-corrected chi connectivity index (χ1v) is 9.76. The summed E-state index contributed by atoms with van der Waals surface area (Å²) in [6, 6.07) is 7.39. The van der Waals surface area contributed by atoms with Crippen LogP contribution in [-0.4, -0.2) is 46.8 Å². The highest BCUT2D eigenvalue weighted by molar-refractivity contribution is 5.81. The number of benzene rings is 1. The summed E-state index contributed by atoms with van der Waals surface area (Å²) in [6.45, 7) is 1.73. The van der Waals surface area contributed by atoms with E-state index in [1.807, 2.05) is 18.2 Å². The Morgan fingerprint density at radius 2 is 1.93 bits per heavy atom. The maximum Gasteiger partial charge on any atom is 0.231 e. The molecule has 1 aliphatic carbocycles. The van der Waals surface area contributed by atoms with E-state index >= 15 is 0 Å². The van der Waals surface area contributed by atoms with Crippen molar-refractivity contribution in [1.82, 2.24) is 15.2 Å². The Morgan fingerprint density at radius 3 is 2.68 bits per heavy atom. The highest BCUT2D eigenvalue weighted by Gasteiger charge is 2.36. The number of fused-ring (bicyclic) bond motifs is 1. The van der Waals surface area contributed by atoms with Crippen LogP contribution in [0.1, 0.15) is 36.4 Å². The van der Waals surface area contributed by atoms with Gasteiger partial charge in [0.15, 0.2) is 11.5 Å². The number of hydrogen-bond donors (Lipinski definition) is 2. The van der Waals surface area contributed by atoms with E-state index in [1.54, 1.807) is 18.5 Å². The Morgan fingerprint density at radius 1 is 1.18 bits per heavy atom. The fourth-order valence-corrected chi connectivity index (χ4v) is 4.10. The molecule has 7 nitrogen and oxygen atoms in total. The van der Waals surface area contributed by atoms with Gasteiger partial charge in [0.25, 0.3) is 0 Å². The van der Waals surface area contributed by atoms with Crippen molar-refractivity contribution < 1.29 is 19.4 Å². The Labute approximate surface area is 163 Å². The highest BCUT2D eigenvalue weighted by atomic mass is 16.7. The van der Waals surface area contributed by atoms with Crippen molar-refractivity contribution in [2.45, 2.75) is 31.3 Å². The number of carbonyl (C=O) groups excluding carboxylic acids is 1. The molecule has 0 radical (unpaired) electrons. The van der Waals surface area contributed by atoms with Gasteiger partial charge in [0, 0.05) is 49.1 Å². The van der Waals surface area contributed by atoms with Crippen molar-refractivity contribution in [3.63, 3.8) is 0 Å². The summed E-state index contributed by atoms with van der Waals surface area (Å²) in [6.07, 6.45) is 6.43. The molecule has 3 aliphatic rings. The molecule has 2 N–H and O–H groups in total. The van der Waals surface area contributed by atoms with Crippen LogP contribution in [-0.2, 0) is 4.79 Å². The van der Waals surface area contributed by atoms with Gasteiger partial charge >= 0.3 is 0 Å². The van der Waals surface area contributed by atoms with Gasteiger partial charge in [0.1, 0.15) is 5.75 Å². The second-order valence-electron chi connectivity index (χ2n) is 7.71. The van der Waals surface area contributed by atoms with Gasteiger partial charge in [-0.25, -0.2) is 0 Å². The summed E-state index contributed by atoms with van der Waals surface area (Å²) >= 11 is 0. The Bertz CT molecular complexity index is 885. The number of phenols is 1. The third kappa shape index (κ3) is 3.26. The quantitative estimate of drug-likeness (QED) is 0.826. The van der Waals surface area contributed by atoms with E-state index in [4.69, 9.17) is 9.47 Å². The number of ether oxygens (including phenoxy) is 2. The molecule has 0 spiro atoms. The predicted molar refractivity (Wildman–Crippen MR) is 101 cm³/mol. The fourth-order valence-electron chi connectivity index (χ4n) is 4.10. The average Bonchev–Trinajstić information content (AvgIpc) is 3.31. The fraction of sp³-hybridized carbons (Fsp3) is 0.429. The minimum Gasteiger partial charge on any atom is -0.507 e. The normalized spacial score (nSPS) is 22.2. The van der Waals surface area contributed by atoms with E-state index in [0.717, 1.165) is 43.5 Å². The smallest absolute Gasteiger partial charge is 0.231 e. The van der Waals surface area contributed by atoms with Gasteiger partial charge in [-0.3, -0.25) is 14.7 Å². The van der Waals surface area contributed by atoms with Gasteiger partial charge in [-0.1, -0.05) is 0 Å². The van der Waals surface area contributed by atoms with Crippen molar-refractivity contribution in [1.29, 1.82) is 0 Å². The van der Waals surface area contributed by atoms with Crippen LogP contribution in [0.15, 0.2) is 36.7 Å². The zero-order valence-electron chi connectivity index (χ0n) is 15.5. The van der Waals surface area contributed by atoms with Gasteiger partial charge in [-0.05, 0) is 43.0 Å². The molecular formula is C21H23N3O4. The molecule has 0 bridgehead atoms. The molecule has 146 valence electrons. The summed E-state index contributed by atoms with van der Waals surface area (Å²) in [4.78, 5) is 18.6. The van der Waals surface area contributed by atoms with Crippen LogP contribution in [0.4, 0.5) is 0 Å². The Hall–Kier alpha value is -2.80. The number of rotatable bonds is 5. The van der Waals surface area contributed by atoms with Crippen LogP contribution in [0.5, 0.6) is 17.2 Å². The molecule has 28 heavy (non-hydrogen) atoms. The van der Waals surface area contributed by atoms with Crippen LogP contribution >= 0.6 is 0 Å². The summed E-state index contributed by atoms with van der Waals surface area (Å²) in [5.41, 5.74) is 1.81. The number of aromatic nitrogens is 1. The van der Waals surface area contributed by atoms with E-state index in [2.05, 4.69) is 15.2 Å². The molecule has 1 saturated heterocycles. The topological polar surface area (TPSA) is 83.9 Å². The minimum absolute atomic E-state index is 0.133. The summed E-state index contributed by atoms with van der Waals surface area (Å²) in [5, 5.41) is 13.9. The average molecular weight is 381 g/mol. The summed E-state index contributed by atoms with van der Waals surface area (Å²) in [7, 11) is 0. The van der Waals surface area contributed by atoms with E-state index in [1.165, 1.54) is 0 Å². The van der Waals surface area contributed by atoms with Crippen LogP contribution in [0.25, 0.3) is 0 Å². The highest BCUT2D eigenvalue weighted by Crippen LogP contribution is 2.43. The molecule has 3 heterocycles. The third-order valence-corrected chi connectivity index (χ3v) is 5.72. The number of hydrogen-bond acceptors (Lipinski definition) is 6. The molecule has 1 saturated carbocycles. The van der Waals surface area contributed by atoms with Gasteiger partial charge < -0.3 is 19.9 Å². The summed E-state index contributed by atoms with van der Waals surface area (Å²) < 4.78 is 10.9. The number of carbonyl (C=O) groups is 1. The largest absolute Gasteiger partial charge is 0.507 e. The number of likely N-dealkylation sites (tertiary alicyclic amines) is 1. The van der Waals surface area contributed by atoms with Crippen LogP contribution in [0, 0.1) is 5.92 Å². The van der Waals surface area contributed by atoms with Crippen molar-refractivity contribution in [3.05, 3.63) is 47.8 Å². The van der Waals surface area contributed by atoms with Crippen molar-refractivity contribution in [2.24, 2.45) is 5.92 Å². The summed E-state index contributed by atoms with van der Waals surface area (Å²) in [5.74, 6) is 1.77. The first-order chi connectivity index (χ1) is 13.7. The van der Waals surface area contributed by atoms with Crippen molar-refractivity contribution in [3.8, 4) is 17.2 Å². The molecule has 2 aromatic rings. The standard InChI is InChI=1S/C21H23N3O4/c25-17-10-19-18(27-12-28-19)9-16(17)20(13-3-6-22-7-4-13)24-8-5-15(11-24)23-21(26)14-1-2-14/h3-4,6-7,9-10,14-15,20,25H,1-2,5,8,11-12H2,(H,23,26)/t15-,20?/m0/s1. The molecule has 1 aromatic carbocycles.